The Morgan fingerprint density at radius 2 is 1.70 bits per heavy atom. The highest BCUT2D eigenvalue weighted by Gasteiger charge is 2.24. The van der Waals surface area contributed by atoms with Crippen LogP contribution in [0.4, 0.5) is 0 Å². The summed E-state index contributed by atoms with van der Waals surface area (Å²) in [6.07, 6.45) is 0. The zero-order chi connectivity index (χ0) is 17.4. The van der Waals surface area contributed by atoms with E-state index in [2.05, 4.69) is 16.0 Å². The molecule has 0 aliphatic carbocycles. The minimum Gasteiger partial charge on any atom is -0.353 e. The second-order valence-corrected chi connectivity index (χ2v) is 6.27. The van der Waals surface area contributed by atoms with E-state index in [9.17, 15) is 9.59 Å². The molecule has 0 radical (unpaired) electrons. The first-order valence-corrected chi connectivity index (χ1v) is 8.23. The molecule has 3 N–H and O–H groups in total. The summed E-state index contributed by atoms with van der Waals surface area (Å²) in [6, 6.07) is 6.97. The first kappa shape index (κ1) is 19.2. The predicted molar refractivity (Wildman–Crippen MR) is 93.4 cm³/mol. The number of hydrogen-bond acceptors (Lipinski definition) is 3. The van der Waals surface area contributed by atoms with Gasteiger partial charge < -0.3 is 16.0 Å². The smallest absolute Gasteiger partial charge is 0.251 e. The Hall–Kier alpha value is -1.88. The Balaban J connectivity index is 2.65. The summed E-state index contributed by atoms with van der Waals surface area (Å²) < 4.78 is 0. The molecule has 0 aromatic heterocycles. The molecule has 1 unspecified atom stereocenters. The first-order chi connectivity index (χ1) is 10.8. The van der Waals surface area contributed by atoms with Crippen LogP contribution in [0, 0.1) is 12.8 Å². The number of carbonyl (C=O) groups is 2. The van der Waals surface area contributed by atoms with Crippen molar-refractivity contribution in [3.63, 3.8) is 0 Å². The van der Waals surface area contributed by atoms with Crippen LogP contribution in [-0.4, -0.2) is 37.0 Å². The van der Waals surface area contributed by atoms with Crippen LogP contribution in [0.25, 0.3) is 0 Å². The van der Waals surface area contributed by atoms with Crippen molar-refractivity contribution in [1.29, 1.82) is 0 Å². The van der Waals surface area contributed by atoms with E-state index in [0.29, 0.717) is 12.1 Å². The molecule has 1 aromatic carbocycles. The van der Waals surface area contributed by atoms with E-state index < -0.39 is 6.04 Å². The quantitative estimate of drug-likeness (QED) is 0.685. The predicted octanol–water partition coefficient (Wildman–Crippen LogP) is 1.86. The van der Waals surface area contributed by atoms with Gasteiger partial charge in [-0.1, -0.05) is 38.5 Å². The summed E-state index contributed by atoms with van der Waals surface area (Å²) >= 11 is 0. The summed E-state index contributed by atoms with van der Waals surface area (Å²) in [4.78, 5) is 24.7. The number of rotatable bonds is 8. The summed E-state index contributed by atoms with van der Waals surface area (Å²) in [7, 11) is 0. The SMILES string of the molecule is CCN[C@H](C)CNC(=O)C(NC(=O)c1ccc(C)cc1)C(C)C. The van der Waals surface area contributed by atoms with Gasteiger partial charge in [0.05, 0.1) is 0 Å². The van der Waals surface area contributed by atoms with Crippen molar-refractivity contribution in [2.45, 2.75) is 46.7 Å². The standard InChI is InChI=1S/C18H29N3O2/c1-6-19-14(5)11-20-18(23)16(12(2)3)21-17(22)15-9-7-13(4)8-10-15/h7-10,12,14,16,19H,6,11H2,1-5H3,(H,20,23)(H,21,22)/t14-,16?/m1/s1. The van der Waals surface area contributed by atoms with Gasteiger partial charge in [-0.2, -0.15) is 0 Å². The molecule has 128 valence electrons. The minimum absolute atomic E-state index is 0.0128. The van der Waals surface area contributed by atoms with Crippen molar-refractivity contribution in [1.82, 2.24) is 16.0 Å². The van der Waals surface area contributed by atoms with Crippen molar-refractivity contribution in [3.05, 3.63) is 35.4 Å². The average Bonchev–Trinajstić information content (AvgIpc) is 2.50. The third-order valence-electron chi connectivity index (χ3n) is 3.68. The molecular weight excluding hydrogens is 290 g/mol. The molecule has 0 aliphatic rings. The van der Waals surface area contributed by atoms with E-state index in [4.69, 9.17) is 0 Å². The molecule has 5 nitrogen and oxygen atoms in total. The highest BCUT2D eigenvalue weighted by Crippen LogP contribution is 2.07. The molecule has 1 aromatic rings. The van der Waals surface area contributed by atoms with Gasteiger partial charge >= 0.3 is 0 Å². The maximum absolute atomic E-state index is 12.4. The number of hydrogen-bond donors (Lipinski definition) is 3. The fourth-order valence-corrected chi connectivity index (χ4v) is 2.25. The molecule has 5 heteroatoms. The molecule has 2 amide bonds. The lowest BCUT2D eigenvalue weighted by Gasteiger charge is -2.23. The minimum atomic E-state index is -0.544. The van der Waals surface area contributed by atoms with Gasteiger partial charge in [0, 0.05) is 18.2 Å². The molecule has 1 rings (SSSR count). The van der Waals surface area contributed by atoms with Crippen LogP contribution in [0.3, 0.4) is 0 Å². The van der Waals surface area contributed by atoms with Gasteiger partial charge in [0.25, 0.3) is 5.91 Å². The molecule has 0 aliphatic heterocycles. The monoisotopic (exact) mass is 319 g/mol. The Labute approximate surface area is 139 Å². The van der Waals surface area contributed by atoms with Crippen molar-refractivity contribution >= 4 is 11.8 Å². The lowest BCUT2D eigenvalue weighted by Crippen LogP contribution is -2.51. The average molecular weight is 319 g/mol. The normalized spacial score (nSPS) is 13.5. The van der Waals surface area contributed by atoms with Crippen LogP contribution in [-0.2, 0) is 4.79 Å². The largest absolute Gasteiger partial charge is 0.353 e. The Kier molecular flexibility index (Phi) is 7.75. The van der Waals surface area contributed by atoms with Gasteiger partial charge in [0.15, 0.2) is 0 Å². The third kappa shape index (κ3) is 6.40. The maximum atomic E-state index is 12.4. The lowest BCUT2D eigenvalue weighted by atomic mass is 10.0. The number of carbonyl (C=O) groups excluding carboxylic acids is 2. The first-order valence-electron chi connectivity index (χ1n) is 8.23. The molecule has 0 saturated heterocycles. The van der Waals surface area contributed by atoms with Crippen LogP contribution in [0.15, 0.2) is 24.3 Å². The molecule has 0 bridgehead atoms. The Morgan fingerprint density at radius 1 is 1.09 bits per heavy atom. The van der Waals surface area contributed by atoms with E-state index in [1.54, 1.807) is 12.1 Å². The summed E-state index contributed by atoms with van der Waals surface area (Å²) in [6.45, 7) is 11.2. The number of amides is 2. The Morgan fingerprint density at radius 3 is 2.22 bits per heavy atom. The van der Waals surface area contributed by atoms with E-state index in [1.807, 2.05) is 46.8 Å². The summed E-state index contributed by atoms with van der Waals surface area (Å²) in [5, 5.41) is 8.97. The fraction of sp³-hybridized carbons (Fsp3) is 0.556. The van der Waals surface area contributed by atoms with Crippen LogP contribution >= 0.6 is 0 Å². The molecular formula is C18H29N3O2. The van der Waals surface area contributed by atoms with Gasteiger partial charge in [0.1, 0.15) is 6.04 Å². The van der Waals surface area contributed by atoms with E-state index in [-0.39, 0.29) is 23.8 Å². The molecule has 23 heavy (non-hydrogen) atoms. The molecule has 2 atom stereocenters. The second-order valence-electron chi connectivity index (χ2n) is 6.27. The number of aryl methyl sites for hydroxylation is 1. The van der Waals surface area contributed by atoms with E-state index in [1.165, 1.54) is 0 Å². The fourth-order valence-electron chi connectivity index (χ4n) is 2.25. The Bertz CT molecular complexity index is 512. The number of likely N-dealkylation sites (N-methyl/N-ethyl adjacent to an activating group) is 1. The van der Waals surface area contributed by atoms with Gasteiger partial charge in [-0.3, -0.25) is 9.59 Å². The van der Waals surface area contributed by atoms with Crippen LogP contribution in [0.2, 0.25) is 0 Å². The van der Waals surface area contributed by atoms with Crippen molar-refractivity contribution in [3.8, 4) is 0 Å². The maximum Gasteiger partial charge on any atom is 0.251 e. The highest BCUT2D eigenvalue weighted by molar-refractivity contribution is 5.97. The van der Waals surface area contributed by atoms with Gasteiger partial charge in [-0.25, -0.2) is 0 Å². The third-order valence-corrected chi connectivity index (χ3v) is 3.68. The van der Waals surface area contributed by atoms with Crippen LogP contribution in [0.1, 0.15) is 43.6 Å². The molecule has 0 spiro atoms. The lowest BCUT2D eigenvalue weighted by molar-refractivity contribution is -0.124. The summed E-state index contributed by atoms with van der Waals surface area (Å²) in [5.41, 5.74) is 1.66. The van der Waals surface area contributed by atoms with Crippen LogP contribution in [0.5, 0.6) is 0 Å². The van der Waals surface area contributed by atoms with Crippen molar-refractivity contribution < 1.29 is 9.59 Å². The second kappa shape index (κ2) is 9.30. The number of benzene rings is 1. The summed E-state index contributed by atoms with van der Waals surface area (Å²) in [5.74, 6) is -0.359. The van der Waals surface area contributed by atoms with Gasteiger partial charge in [-0.05, 0) is 38.4 Å². The van der Waals surface area contributed by atoms with Gasteiger partial charge in [-0.15, -0.1) is 0 Å². The number of nitrogens with one attached hydrogen (secondary N) is 3. The zero-order valence-corrected chi connectivity index (χ0v) is 14.8. The molecule has 0 saturated carbocycles. The molecule has 0 heterocycles. The molecule has 0 fully saturated rings. The zero-order valence-electron chi connectivity index (χ0n) is 14.8. The topological polar surface area (TPSA) is 70.2 Å². The van der Waals surface area contributed by atoms with E-state index >= 15 is 0 Å². The van der Waals surface area contributed by atoms with Gasteiger partial charge in [0.2, 0.25) is 5.91 Å². The van der Waals surface area contributed by atoms with Crippen molar-refractivity contribution in [2.75, 3.05) is 13.1 Å². The highest BCUT2D eigenvalue weighted by atomic mass is 16.2. The van der Waals surface area contributed by atoms with E-state index in [0.717, 1.165) is 12.1 Å². The van der Waals surface area contributed by atoms with Crippen LogP contribution < -0.4 is 16.0 Å². The van der Waals surface area contributed by atoms with Crippen molar-refractivity contribution in [2.24, 2.45) is 5.92 Å².